The molecule has 5 rings (SSSR count). The molecule has 2 heterocycles. The van der Waals surface area contributed by atoms with Crippen molar-refractivity contribution in [3.8, 4) is 5.75 Å². The van der Waals surface area contributed by atoms with Gasteiger partial charge < -0.3 is 4.74 Å². The van der Waals surface area contributed by atoms with Gasteiger partial charge >= 0.3 is 0 Å². The summed E-state index contributed by atoms with van der Waals surface area (Å²) < 4.78 is 5.44. The van der Waals surface area contributed by atoms with E-state index in [1.165, 1.54) is 13.2 Å². The molecular formula is C27H18ClN3O5S. The molecule has 2 aliphatic heterocycles. The zero-order valence-corrected chi connectivity index (χ0v) is 20.9. The van der Waals surface area contributed by atoms with Crippen LogP contribution in [0.15, 0.2) is 72.3 Å². The summed E-state index contributed by atoms with van der Waals surface area (Å²) in [7, 11) is 1.47. The molecule has 0 aliphatic carbocycles. The standard InChI is InChI=1S/C27H18ClN3O5S/c1-36-22-11-10-15(12-16(22)14-30-24(33)17-6-2-3-7-18(17)25(30)34)13-19-23(32)29-27(37)31(26(19)35)21-9-5-4-8-20(21)28/h2-13H,14H2,1H3,(H,29,32,37)/b19-13-. The summed E-state index contributed by atoms with van der Waals surface area (Å²) in [5, 5.41) is 2.73. The molecule has 2 aliphatic rings. The molecule has 0 spiro atoms. The number of nitrogens with zero attached hydrogens (tertiary/aromatic N) is 2. The second kappa shape index (κ2) is 9.61. The molecule has 0 saturated carbocycles. The highest BCUT2D eigenvalue weighted by atomic mass is 35.5. The van der Waals surface area contributed by atoms with E-state index in [0.29, 0.717) is 38.7 Å². The average Bonchev–Trinajstić information content (AvgIpc) is 3.12. The normalized spacial score (nSPS) is 16.4. The fourth-order valence-corrected chi connectivity index (χ4v) is 4.74. The van der Waals surface area contributed by atoms with E-state index >= 15 is 0 Å². The molecule has 10 heteroatoms. The van der Waals surface area contributed by atoms with Crippen LogP contribution in [0.1, 0.15) is 31.8 Å². The van der Waals surface area contributed by atoms with Crippen LogP contribution in [0.25, 0.3) is 6.08 Å². The first-order valence-corrected chi connectivity index (χ1v) is 11.9. The lowest BCUT2D eigenvalue weighted by Crippen LogP contribution is -2.54. The van der Waals surface area contributed by atoms with Crippen molar-refractivity contribution in [1.29, 1.82) is 0 Å². The van der Waals surface area contributed by atoms with Crippen molar-refractivity contribution in [1.82, 2.24) is 10.2 Å². The van der Waals surface area contributed by atoms with Crippen LogP contribution in [0.3, 0.4) is 0 Å². The summed E-state index contributed by atoms with van der Waals surface area (Å²) >= 11 is 11.5. The second-order valence-corrected chi connectivity index (χ2v) is 9.02. The zero-order chi connectivity index (χ0) is 26.3. The van der Waals surface area contributed by atoms with Crippen LogP contribution < -0.4 is 15.0 Å². The van der Waals surface area contributed by atoms with E-state index in [-0.39, 0.29) is 17.2 Å². The zero-order valence-electron chi connectivity index (χ0n) is 19.4. The maximum absolute atomic E-state index is 13.3. The van der Waals surface area contributed by atoms with Crippen LogP contribution >= 0.6 is 23.8 Å². The van der Waals surface area contributed by atoms with E-state index in [4.69, 9.17) is 28.6 Å². The number of amides is 4. The third kappa shape index (κ3) is 4.28. The lowest BCUT2D eigenvalue weighted by atomic mass is 10.0. The average molecular weight is 532 g/mol. The minimum absolute atomic E-state index is 0.0531. The molecule has 0 atom stereocenters. The van der Waals surface area contributed by atoms with Crippen molar-refractivity contribution in [2.45, 2.75) is 6.54 Å². The predicted molar refractivity (Wildman–Crippen MR) is 141 cm³/mol. The fraction of sp³-hybridized carbons (Fsp3) is 0.0741. The van der Waals surface area contributed by atoms with E-state index in [2.05, 4.69) is 5.32 Å². The lowest BCUT2D eigenvalue weighted by Gasteiger charge is -2.29. The number of imide groups is 1. The molecule has 4 amide bonds. The number of methoxy groups -OCH3 is 1. The molecule has 1 N–H and O–H groups in total. The fourth-order valence-electron chi connectivity index (χ4n) is 4.24. The van der Waals surface area contributed by atoms with Gasteiger partial charge in [-0.2, -0.15) is 0 Å². The molecule has 184 valence electrons. The number of hydrogen-bond acceptors (Lipinski definition) is 6. The number of rotatable bonds is 5. The molecule has 8 nitrogen and oxygen atoms in total. The van der Waals surface area contributed by atoms with Crippen molar-refractivity contribution in [2.24, 2.45) is 0 Å². The third-order valence-corrected chi connectivity index (χ3v) is 6.62. The SMILES string of the molecule is COc1ccc(/C=C2/C(=O)NC(=S)N(c3ccccc3Cl)C2=O)cc1CN1C(=O)c2ccccc2C1=O. The van der Waals surface area contributed by atoms with Crippen LogP contribution in [0.5, 0.6) is 5.75 Å². The van der Waals surface area contributed by atoms with E-state index < -0.39 is 23.6 Å². The summed E-state index contributed by atoms with van der Waals surface area (Å²) in [4.78, 5) is 54.0. The van der Waals surface area contributed by atoms with E-state index in [9.17, 15) is 19.2 Å². The maximum Gasteiger partial charge on any atom is 0.270 e. The Kier molecular flexibility index (Phi) is 6.32. The van der Waals surface area contributed by atoms with Gasteiger partial charge in [-0.3, -0.25) is 34.3 Å². The van der Waals surface area contributed by atoms with Gasteiger partial charge in [0.1, 0.15) is 11.3 Å². The Morgan fingerprint density at radius 2 is 1.57 bits per heavy atom. The number of carbonyl (C=O) groups excluding carboxylic acids is 4. The Morgan fingerprint density at radius 3 is 2.22 bits per heavy atom. The van der Waals surface area contributed by atoms with Gasteiger partial charge in [0.25, 0.3) is 23.6 Å². The van der Waals surface area contributed by atoms with Crippen molar-refractivity contribution >= 4 is 64.3 Å². The van der Waals surface area contributed by atoms with Gasteiger partial charge in [0.05, 0.1) is 35.5 Å². The van der Waals surface area contributed by atoms with Crippen molar-refractivity contribution in [3.05, 3.63) is 99.6 Å². The number of benzene rings is 3. The van der Waals surface area contributed by atoms with Crippen molar-refractivity contribution < 1.29 is 23.9 Å². The first-order valence-electron chi connectivity index (χ1n) is 11.1. The Morgan fingerprint density at radius 1 is 0.919 bits per heavy atom. The van der Waals surface area contributed by atoms with Crippen LogP contribution in [-0.2, 0) is 16.1 Å². The van der Waals surface area contributed by atoms with Gasteiger partial charge in [-0.15, -0.1) is 0 Å². The van der Waals surface area contributed by atoms with Gasteiger partial charge in [-0.05, 0) is 60.3 Å². The maximum atomic E-state index is 13.3. The monoisotopic (exact) mass is 531 g/mol. The van der Waals surface area contributed by atoms with Gasteiger partial charge in [0, 0.05) is 5.56 Å². The quantitative estimate of drug-likeness (QED) is 0.232. The van der Waals surface area contributed by atoms with Gasteiger partial charge in [0.15, 0.2) is 5.11 Å². The molecular weight excluding hydrogens is 514 g/mol. The highest BCUT2D eigenvalue weighted by molar-refractivity contribution is 7.80. The van der Waals surface area contributed by atoms with Crippen molar-refractivity contribution in [2.75, 3.05) is 12.0 Å². The number of para-hydroxylation sites is 1. The van der Waals surface area contributed by atoms with Gasteiger partial charge in [0.2, 0.25) is 0 Å². The summed E-state index contributed by atoms with van der Waals surface area (Å²) in [6, 6.07) is 18.2. The van der Waals surface area contributed by atoms with E-state index in [1.807, 2.05) is 0 Å². The summed E-state index contributed by atoms with van der Waals surface area (Å²) in [6.07, 6.45) is 1.41. The largest absolute Gasteiger partial charge is 0.496 e. The molecule has 3 aromatic rings. The van der Waals surface area contributed by atoms with Crippen LogP contribution in [0, 0.1) is 0 Å². The van der Waals surface area contributed by atoms with Crippen LogP contribution in [0.4, 0.5) is 5.69 Å². The molecule has 37 heavy (non-hydrogen) atoms. The van der Waals surface area contributed by atoms with Gasteiger partial charge in [-0.25, -0.2) is 0 Å². The summed E-state index contributed by atoms with van der Waals surface area (Å²) in [6.45, 7) is -0.0531. The number of nitrogens with one attached hydrogen (secondary N) is 1. The van der Waals surface area contributed by atoms with Crippen LogP contribution in [-0.4, -0.2) is 40.8 Å². The Bertz CT molecular complexity index is 1520. The van der Waals surface area contributed by atoms with E-state index in [0.717, 1.165) is 9.80 Å². The third-order valence-electron chi connectivity index (χ3n) is 6.02. The number of thiocarbonyl (C=S) groups is 1. The number of halogens is 1. The van der Waals surface area contributed by atoms with Crippen LogP contribution in [0.2, 0.25) is 5.02 Å². The first kappa shape index (κ1) is 24.4. The number of carbonyl (C=O) groups is 4. The van der Waals surface area contributed by atoms with E-state index in [1.54, 1.807) is 66.7 Å². The smallest absolute Gasteiger partial charge is 0.270 e. The Hall–Kier alpha value is -4.34. The molecule has 0 radical (unpaired) electrons. The molecule has 0 aromatic heterocycles. The molecule has 0 unspecified atom stereocenters. The molecule has 0 bridgehead atoms. The lowest BCUT2D eigenvalue weighted by molar-refractivity contribution is -0.122. The Balaban J connectivity index is 1.49. The Labute approximate surface area is 222 Å². The highest BCUT2D eigenvalue weighted by Gasteiger charge is 2.37. The molecule has 1 fully saturated rings. The highest BCUT2D eigenvalue weighted by Crippen LogP contribution is 2.31. The van der Waals surface area contributed by atoms with Gasteiger partial charge in [-0.1, -0.05) is 41.9 Å². The first-order chi connectivity index (χ1) is 17.8. The number of hydrogen-bond donors (Lipinski definition) is 1. The predicted octanol–water partition coefficient (Wildman–Crippen LogP) is 3.98. The molecule has 3 aromatic carbocycles. The summed E-state index contributed by atoms with van der Waals surface area (Å²) in [5.41, 5.74) is 1.86. The summed E-state index contributed by atoms with van der Waals surface area (Å²) in [5.74, 6) is -1.66. The topological polar surface area (TPSA) is 96.0 Å². The number of fused-ring (bicyclic) bond motifs is 1. The second-order valence-electron chi connectivity index (χ2n) is 8.22. The minimum atomic E-state index is -0.656. The molecule has 1 saturated heterocycles. The minimum Gasteiger partial charge on any atom is -0.496 e. The number of anilines is 1. The number of ether oxygens (including phenoxy) is 1. The van der Waals surface area contributed by atoms with Crippen molar-refractivity contribution in [3.63, 3.8) is 0 Å².